The Labute approximate surface area is 161 Å². The molecule has 0 N–H and O–H groups in total. The molecule has 0 saturated carbocycles. The first-order valence-corrected chi connectivity index (χ1v) is 10.00. The van der Waals surface area contributed by atoms with Gasteiger partial charge in [0.2, 0.25) is 11.8 Å². The Morgan fingerprint density at radius 3 is 2.74 bits per heavy atom. The summed E-state index contributed by atoms with van der Waals surface area (Å²) in [6, 6.07) is 11.7. The molecule has 3 heterocycles. The molecule has 0 bridgehead atoms. The van der Waals surface area contributed by atoms with Gasteiger partial charge >= 0.3 is 5.97 Å². The Bertz CT molecular complexity index is 856. The van der Waals surface area contributed by atoms with Crippen molar-refractivity contribution in [3.8, 4) is 11.5 Å². The van der Waals surface area contributed by atoms with Crippen molar-refractivity contribution in [3.63, 3.8) is 0 Å². The quantitative estimate of drug-likeness (QED) is 0.604. The van der Waals surface area contributed by atoms with Gasteiger partial charge in [-0.3, -0.25) is 9.69 Å². The summed E-state index contributed by atoms with van der Waals surface area (Å²) in [6.45, 7) is 2.29. The second-order valence-corrected chi connectivity index (χ2v) is 7.43. The van der Waals surface area contributed by atoms with Gasteiger partial charge in [0.25, 0.3) is 0 Å². The lowest BCUT2D eigenvalue weighted by atomic mass is 9.97. The molecule has 1 aliphatic heterocycles. The number of hydrogen-bond donors (Lipinski definition) is 0. The first kappa shape index (κ1) is 17.9. The molecule has 7 heteroatoms. The van der Waals surface area contributed by atoms with Gasteiger partial charge in [-0.1, -0.05) is 30.3 Å². The summed E-state index contributed by atoms with van der Waals surface area (Å²) >= 11 is 1.61. The van der Waals surface area contributed by atoms with Crippen molar-refractivity contribution in [2.24, 2.45) is 0 Å². The highest BCUT2D eigenvalue weighted by molar-refractivity contribution is 7.08. The predicted octanol–water partition coefficient (Wildman–Crippen LogP) is 3.72. The van der Waals surface area contributed by atoms with Crippen molar-refractivity contribution < 1.29 is 13.9 Å². The van der Waals surface area contributed by atoms with Crippen LogP contribution >= 0.6 is 11.3 Å². The maximum atomic E-state index is 12.1. The number of carbonyl (C=O) groups excluding carboxylic acids is 1. The minimum absolute atomic E-state index is 0.185. The maximum absolute atomic E-state index is 12.1. The topological polar surface area (TPSA) is 68.5 Å². The van der Waals surface area contributed by atoms with Gasteiger partial charge in [0.05, 0.1) is 6.54 Å². The van der Waals surface area contributed by atoms with Gasteiger partial charge in [-0.25, -0.2) is 0 Å². The van der Waals surface area contributed by atoms with Crippen LogP contribution in [0.4, 0.5) is 0 Å². The summed E-state index contributed by atoms with van der Waals surface area (Å²) in [5, 5.41) is 12.4. The smallest absolute Gasteiger partial charge is 0.320 e. The van der Waals surface area contributed by atoms with Crippen LogP contribution < -0.4 is 0 Å². The molecule has 0 radical (unpaired) electrons. The van der Waals surface area contributed by atoms with E-state index in [0.29, 0.717) is 24.9 Å². The summed E-state index contributed by atoms with van der Waals surface area (Å²) in [4.78, 5) is 14.2. The average Bonchev–Trinajstić information content (AvgIpc) is 3.39. The van der Waals surface area contributed by atoms with Gasteiger partial charge in [0, 0.05) is 16.9 Å². The number of ether oxygens (including phenoxy) is 1. The molecule has 1 aromatic carbocycles. The number of benzene rings is 1. The number of likely N-dealkylation sites (tertiary alicyclic amines) is 1. The van der Waals surface area contributed by atoms with Crippen LogP contribution in [0.5, 0.6) is 0 Å². The van der Waals surface area contributed by atoms with Crippen LogP contribution in [0.15, 0.2) is 51.6 Å². The molecule has 0 spiro atoms. The van der Waals surface area contributed by atoms with E-state index >= 15 is 0 Å². The summed E-state index contributed by atoms with van der Waals surface area (Å²) in [6.07, 6.45) is 1.80. The highest BCUT2D eigenvalue weighted by atomic mass is 32.1. The first-order chi connectivity index (χ1) is 13.3. The molecule has 0 amide bonds. The molecular formula is C20H21N3O3S. The van der Waals surface area contributed by atoms with Gasteiger partial charge in [0.15, 0.2) is 0 Å². The van der Waals surface area contributed by atoms with Crippen LogP contribution in [0.25, 0.3) is 11.5 Å². The predicted molar refractivity (Wildman–Crippen MR) is 102 cm³/mol. The number of rotatable bonds is 6. The van der Waals surface area contributed by atoms with Gasteiger partial charge in [-0.2, -0.15) is 11.3 Å². The average molecular weight is 383 g/mol. The van der Waals surface area contributed by atoms with Crippen molar-refractivity contribution >= 4 is 17.3 Å². The molecule has 1 saturated heterocycles. The molecule has 3 aromatic rings. The van der Waals surface area contributed by atoms with E-state index in [-0.39, 0.29) is 11.9 Å². The Morgan fingerprint density at radius 2 is 2.00 bits per heavy atom. The Balaban J connectivity index is 1.23. The van der Waals surface area contributed by atoms with Crippen molar-refractivity contribution in [1.29, 1.82) is 0 Å². The summed E-state index contributed by atoms with van der Waals surface area (Å²) in [5.41, 5.74) is 1.97. The lowest BCUT2D eigenvalue weighted by Gasteiger charge is -2.29. The second kappa shape index (κ2) is 8.45. The number of piperidine rings is 1. The van der Waals surface area contributed by atoms with Crippen molar-refractivity contribution in [2.75, 3.05) is 19.6 Å². The maximum Gasteiger partial charge on any atom is 0.320 e. The van der Waals surface area contributed by atoms with Crippen LogP contribution in [-0.4, -0.2) is 40.7 Å². The van der Waals surface area contributed by atoms with E-state index in [1.54, 1.807) is 11.3 Å². The summed E-state index contributed by atoms with van der Waals surface area (Å²) in [5.74, 6) is 1.34. The molecule has 27 heavy (non-hydrogen) atoms. The molecule has 140 valence electrons. The van der Waals surface area contributed by atoms with E-state index in [1.807, 2.05) is 47.2 Å². The zero-order valence-corrected chi connectivity index (χ0v) is 15.7. The van der Waals surface area contributed by atoms with Crippen LogP contribution in [0.2, 0.25) is 0 Å². The minimum Gasteiger partial charge on any atom is -0.460 e. The third-order valence-electron chi connectivity index (χ3n) is 4.74. The highest BCUT2D eigenvalue weighted by Gasteiger charge is 2.26. The Hall–Kier alpha value is -2.51. The second-order valence-electron chi connectivity index (χ2n) is 6.65. The first-order valence-electron chi connectivity index (χ1n) is 9.06. The van der Waals surface area contributed by atoms with E-state index < -0.39 is 0 Å². The molecule has 0 unspecified atom stereocenters. The molecule has 0 aliphatic carbocycles. The van der Waals surface area contributed by atoms with E-state index in [9.17, 15) is 4.79 Å². The molecule has 0 atom stereocenters. The van der Waals surface area contributed by atoms with Crippen molar-refractivity contribution in [2.45, 2.75) is 25.4 Å². The molecule has 1 fully saturated rings. The number of hydrogen-bond acceptors (Lipinski definition) is 7. The van der Waals surface area contributed by atoms with E-state index in [0.717, 1.165) is 37.1 Å². The van der Waals surface area contributed by atoms with Crippen LogP contribution in [0.3, 0.4) is 0 Å². The van der Waals surface area contributed by atoms with Crippen LogP contribution in [0, 0.1) is 0 Å². The van der Waals surface area contributed by atoms with Gasteiger partial charge in [-0.05, 0) is 42.9 Å². The zero-order chi connectivity index (χ0) is 18.5. The van der Waals surface area contributed by atoms with Crippen molar-refractivity contribution in [3.05, 3.63) is 58.6 Å². The van der Waals surface area contributed by atoms with Crippen molar-refractivity contribution in [1.82, 2.24) is 15.1 Å². The van der Waals surface area contributed by atoms with Gasteiger partial charge in [-0.15, -0.1) is 10.2 Å². The van der Waals surface area contributed by atoms with Crippen LogP contribution in [0.1, 0.15) is 30.2 Å². The lowest BCUT2D eigenvalue weighted by molar-refractivity contribution is -0.146. The fourth-order valence-electron chi connectivity index (χ4n) is 3.21. The summed E-state index contributed by atoms with van der Waals surface area (Å²) < 4.78 is 11.2. The third-order valence-corrected chi connectivity index (χ3v) is 5.42. The van der Waals surface area contributed by atoms with Gasteiger partial charge in [0.1, 0.15) is 6.61 Å². The summed E-state index contributed by atoms with van der Waals surface area (Å²) in [7, 11) is 0. The van der Waals surface area contributed by atoms with Gasteiger partial charge < -0.3 is 9.15 Å². The third kappa shape index (κ3) is 4.61. The monoisotopic (exact) mass is 383 g/mol. The largest absolute Gasteiger partial charge is 0.460 e. The molecule has 6 nitrogen and oxygen atoms in total. The number of thiophene rings is 1. The molecule has 1 aliphatic rings. The standard InChI is InChI=1S/C20H21N3O3S/c24-18(25-13-15-4-2-1-3-5-15)12-23-9-6-16(7-10-23)19-21-22-20(26-19)17-8-11-27-14-17/h1-5,8,11,14,16H,6-7,9-10,12-13H2. The fourth-order valence-corrected chi connectivity index (χ4v) is 3.84. The normalized spacial score (nSPS) is 15.7. The number of carbonyl (C=O) groups is 1. The number of esters is 1. The fraction of sp³-hybridized carbons (Fsp3) is 0.350. The Morgan fingerprint density at radius 1 is 1.19 bits per heavy atom. The zero-order valence-electron chi connectivity index (χ0n) is 14.9. The Kier molecular flexibility index (Phi) is 5.60. The molecule has 2 aromatic heterocycles. The lowest BCUT2D eigenvalue weighted by Crippen LogP contribution is -2.37. The highest BCUT2D eigenvalue weighted by Crippen LogP contribution is 2.29. The minimum atomic E-state index is -0.185. The molecule has 4 rings (SSSR count). The van der Waals surface area contributed by atoms with Crippen LogP contribution in [-0.2, 0) is 16.1 Å². The SMILES string of the molecule is O=C(CN1CCC(c2nnc(-c3ccsc3)o2)CC1)OCc1ccccc1. The van der Waals surface area contributed by atoms with E-state index in [2.05, 4.69) is 15.1 Å². The number of aromatic nitrogens is 2. The van der Waals surface area contributed by atoms with E-state index in [4.69, 9.17) is 9.15 Å². The number of nitrogens with zero attached hydrogens (tertiary/aromatic N) is 3. The molecular weight excluding hydrogens is 362 g/mol. The van der Waals surface area contributed by atoms with E-state index in [1.165, 1.54) is 0 Å².